The van der Waals surface area contributed by atoms with E-state index in [0.717, 1.165) is 68.0 Å². The van der Waals surface area contributed by atoms with E-state index in [0.29, 0.717) is 0 Å². The fraction of sp³-hybridized carbons (Fsp3) is 0.722. The highest BCUT2D eigenvalue weighted by molar-refractivity contribution is 6.06. The van der Waals surface area contributed by atoms with Crippen LogP contribution in [0.1, 0.15) is 58.6 Å². The van der Waals surface area contributed by atoms with E-state index in [-0.39, 0.29) is 0 Å². The van der Waals surface area contributed by atoms with Gasteiger partial charge in [-0.15, -0.1) is 0 Å². The number of hydrogen-bond donors (Lipinski definition) is 4. The third-order valence-corrected chi connectivity index (χ3v) is 4.56. The lowest BCUT2D eigenvalue weighted by molar-refractivity contribution is 0.489. The van der Waals surface area contributed by atoms with E-state index in [9.17, 15) is 0 Å². The van der Waals surface area contributed by atoms with Crippen molar-refractivity contribution < 1.29 is 0 Å². The van der Waals surface area contributed by atoms with Gasteiger partial charge in [0, 0.05) is 26.2 Å². The molecule has 2 aliphatic rings. The van der Waals surface area contributed by atoms with Crippen LogP contribution in [-0.2, 0) is 0 Å². The van der Waals surface area contributed by atoms with Gasteiger partial charge in [0.15, 0.2) is 17.4 Å². The van der Waals surface area contributed by atoms with Crippen LogP contribution in [0.2, 0.25) is 0 Å². The molecule has 144 valence electrons. The smallest absolute Gasteiger partial charge is 0.228 e. The highest BCUT2D eigenvalue weighted by Crippen LogP contribution is 2.31. The molecule has 0 bridgehead atoms. The SMILES string of the molecule is CCCN=C1NC(C)(N)Nc2c(NCCC)nc(N3CCCCC3)nc21. The second-order valence-electron chi connectivity index (χ2n) is 7.25. The summed E-state index contributed by atoms with van der Waals surface area (Å²) in [5.74, 6) is 1.53. The number of nitrogens with zero attached hydrogens (tertiary/aromatic N) is 4. The molecule has 0 saturated carbocycles. The van der Waals surface area contributed by atoms with E-state index in [4.69, 9.17) is 20.7 Å². The van der Waals surface area contributed by atoms with Crippen molar-refractivity contribution in [2.45, 2.75) is 58.7 Å². The van der Waals surface area contributed by atoms with Gasteiger partial charge in [0.2, 0.25) is 5.95 Å². The second kappa shape index (κ2) is 8.07. The molecule has 0 aromatic carbocycles. The quantitative estimate of drug-likeness (QED) is 0.616. The molecule has 0 aliphatic carbocycles. The topological polar surface area (TPSA) is 103 Å². The first kappa shape index (κ1) is 18.7. The second-order valence-corrected chi connectivity index (χ2v) is 7.25. The minimum absolute atomic E-state index is 0.735. The van der Waals surface area contributed by atoms with Crippen LogP contribution in [0.5, 0.6) is 0 Å². The van der Waals surface area contributed by atoms with Gasteiger partial charge >= 0.3 is 0 Å². The molecule has 5 N–H and O–H groups in total. The summed E-state index contributed by atoms with van der Waals surface area (Å²) in [4.78, 5) is 16.7. The number of fused-ring (bicyclic) bond motifs is 1. The van der Waals surface area contributed by atoms with Gasteiger partial charge in [0.25, 0.3) is 0 Å². The minimum Gasteiger partial charge on any atom is -0.368 e. The number of piperidine rings is 1. The number of anilines is 3. The first-order valence-corrected chi connectivity index (χ1v) is 9.85. The zero-order valence-corrected chi connectivity index (χ0v) is 16.2. The highest BCUT2D eigenvalue weighted by atomic mass is 15.4. The molecule has 3 rings (SSSR count). The number of aromatic nitrogens is 2. The van der Waals surface area contributed by atoms with Crippen molar-refractivity contribution in [3.05, 3.63) is 5.69 Å². The van der Waals surface area contributed by atoms with Gasteiger partial charge in [-0.1, -0.05) is 13.8 Å². The summed E-state index contributed by atoms with van der Waals surface area (Å²) in [5.41, 5.74) is 7.97. The maximum atomic E-state index is 6.34. The van der Waals surface area contributed by atoms with Crippen molar-refractivity contribution in [1.29, 1.82) is 0 Å². The molecule has 1 atom stereocenters. The molecule has 3 heterocycles. The van der Waals surface area contributed by atoms with Crippen LogP contribution in [-0.4, -0.2) is 47.8 Å². The van der Waals surface area contributed by atoms with E-state index in [1.807, 2.05) is 6.92 Å². The van der Waals surface area contributed by atoms with Crippen LogP contribution >= 0.6 is 0 Å². The summed E-state index contributed by atoms with van der Waals surface area (Å²) >= 11 is 0. The van der Waals surface area contributed by atoms with Crippen molar-refractivity contribution in [1.82, 2.24) is 15.3 Å². The third kappa shape index (κ3) is 4.17. The Balaban J connectivity index is 2.05. The largest absolute Gasteiger partial charge is 0.368 e. The Hall–Kier alpha value is -2.09. The van der Waals surface area contributed by atoms with Gasteiger partial charge in [0.05, 0.1) is 0 Å². The average molecular weight is 361 g/mol. The average Bonchev–Trinajstić information content (AvgIpc) is 2.64. The van der Waals surface area contributed by atoms with Gasteiger partial charge in [-0.2, -0.15) is 4.98 Å². The van der Waals surface area contributed by atoms with Crippen LogP contribution in [0.3, 0.4) is 0 Å². The summed E-state index contributed by atoms with van der Waals surface area (Å²) in [6, 6.07) is 0. The Morgan fingerprint density at radius 2 is 1.92 bits per heavy atom. The van der Waals surface area contributed by atoms with Crippen molar-refractivity contribution >= 4 is 23.3 Å². The van der Waals surface area contributed by atoms with Gasteiger partial charge in [-0.05, 0) is 39.0 Å². The highest BCUT2D eigenvalue weighted by Gasteiger charge is 2.33. The number of nitrogens with two attached hydrogens (primary N) is 1. The fourth-order valence-corrected chi connectivity index (χ4v) is 3.28. The summed E-state index contributed by atoms with van der Waals surface area (Å²) in [6.45, 7) is 9.73. The van der Waals surface area contributed by atoms with E-state index >= 15 is 0 Å². The third-order valence-electron chi connectivity index (χ3n) is 4.56. The molecule has 1 fully saturated rings. The molecule has 1 unspecified atom stereocenters. The fourth-order valence-electron chi connectivity index (χ4n) is 3.28. The van der Waals surface area contributed by atoms with Crippen molar-refractivity contribution in [3.8, 4) is 0 Å². The normalized spacial score (nSPS) is 24.0. The molecular weight excluding hydrogens is 328 g/mol. The van der Waals surface area contributed by atoms with Crippen LogP contribution in [0.4, 0.5) is 17.5 Å². The standard InChI is InChI=1S/C18H32N8/c1-4-9-20-15-14-13(16(21-10-5-2)25-18(3,19)24-14)22-17(23-15)26-11-7-6-8-12-26/h24H,4-12,19H2,1-3H3,(H,21,25)(H,20,22,23). The molecule has 1 aromatic heterocycles. The van der Waals surface area contributed by atoms with Gasteiger partial charge in [0.1, 0.15) is 11.4 Å². The minimum atomic E-state index is -0.793. The summed E-state index contributed by atoms with van der Waals surface area (Å²) in [6.07, 6.45) is 5.64. The molecule has 0 spiro atoms. The van der Waals surface area contributed by atoms with Crippen LogP contribution in [0.25, 0.3) is 0 Å². The molecule has 2 aliphatic heterocycles. The lowest BCUT2D eigenvalue weighted by Crippen LogP contribution is -2.62. The molecule has 1 saturated heterocycles. The van der Waals surface area contributed by atoms with Crippen LogP contribution in [0, 0.1) is 0 Å². The summed E-state index contributed by atoms with van der Waals surface area (Å²) in [7, 11) is 0. The summed E-state index contributed by atoms with van der Waals surface area (Å²) < 4.78 is 0. The maximum Gasteiger partial charge on any atom is 0.228 e. The zero-order valence-electron chi connectivity index (χ0n) is 16.2. The Bertz CT molecular complexity index is 649. The Morgan fingerprint density at radius 1 is 1.15 bits per heavy atom. The van der Waals surface area contributed by atoms with Gasteiger partial charge in [-0.3, -0.25) is 10.7 Å². The van der Waals surface area contributed by atoms with E-state index < -0.39 is 5.79 Å². The molecule has 1 aromatic rings. The summed E-state index contributed by atoms with van der Waals surface area (Å²) in [5, 5.41) is 10.0. The Kier molecular flexibility index (Phi) is 5.80. The lowest BCUT2D eigenvalue weighted by Gasteiger charge is -2.37. The van der Waals surface area contributed by atoms with E-state index in [1.54, 1.807) is 0 Å². The van der Waals surface area contributed by atoms with Crippen LogP contribution < -0.4 is 26.6 Å². The predicted octanol–water partition coefficient (Wildman–Crippen LogP) is 2.09. The number of nitrogens with one attached hydrogen (secondary N) is 3. The lowest BCUT2D eigenvalue weighted by atomic mass is 10.1. The Morgan fingerprint density at radius 3 is 2.62 bits per heavy atom. The molecular formula is C18H32N8. The molecule has 26 heavy (non-hydrogen) atoms. The van der Waals surface area contributed by atoms with Crippen molar-refractivity contribution in [2.75, 3.05) is 41.7 Å². The van der Waals surface area contributed by atoms with Crippen LogP contribution in [0.15, 0.2) is 4.99 Å². The number of amidine groups is 1. The first-order valence-electron chi connectivity index (χ1n) is 9.85. The van der Waals surface area contributed by atoms with E-state index in [2.05, 4.69) is 34.7 Å². The Labute approximate surface area is 156 Å². The number of hydrogen-bond acceptors (Lipinski definition) is 7. The molecule has 0 radical (unpaired) electrons. The maximum absolute atomic E-state index is 6.34. The van der Waals surface area contributed by atoms with Crippen molar-refractivity contribution in [3.63, 3.8) is 0 Å². The molecule has 8 heteroatoms. The zero-order chi connectivity index (χ0) is 18.6. The van der Waals surface area contributed by atoms with Gasteiger partial charge in [-0.25, -0.2) is 4.98 Å². The van der Waals surface area contributed by atoms with Gasteiger partial charge < -0.3 is 20.9 Å². The number of aliphatic imine (C=N–C) groups is 1. The molecule has 0 amide bonds. The first-order chi connectivity index (χ1) is 12.5. The predicted molar refractivity (Wildman–Crippen MR) is 108 cm³/mol. The number of rotatable bonds is 6. The van der Waals surface area contributed by atoms with E-state index in [1.165, 1.54) is 19.3 Å². The molecule has 8 nitrogen and oxygen atoms in total. The monoisotopic (exact) mass is 360 g/mol. The van der Waals surface area contributed by atoms with Crippen molar-refractivity contribution in [2.24, 2.45) is 10.7 Å².